The van der Waals surface area contributed by atoms with Crippen LogP contribution in [0.25, 0.3) is 0 Å². The fourth-order valence-electron chi connectivity index (χ4n) is 2.03. The summed E-state index contributed by atoms with van der Waals surface area (Å²) in [6, 6.07) is 8.56. The Morgan fingerprint density at radius 2 is 2.00 bits per heavy atom. The molecule has 0 bridgehead atoms. The van der Waals surface area contributed by atoms with E-state index in [0.717, 1.165) is 0 Å². The van der Waals surface area contributed by atoms with E-state index < -0.39 is 6.09 Å². The number of rotatable bonds is 3. The summed E-state index contributed by atoms with van der Waals surface area (Å²) in [4.78, 5) is 11.6. The molecule has 1 saturated heterocycles. The molecule has 1 aromatic carbocycles. The van der Waals surface area contributed by atoms with Gasteiger partial charge in [0.2, 0.25) is 0 Å². The number of hydrogen-bond acceptors (Lipinski definition) is 5. The van der Waals surface area contributed by atoms with Crippen molar-refractivity contribution in [2.45, 2.75) is 12.8 Å². The van der Waals surface area contributed by atoms with Gasteiger partial charge in [-0.05, 0) is 25.0 Å². The number of ether oxygens (including phenoxy) is 2. The Bertz CT molecular complexity index is 522. The van der Waals surface area contributed by atoms with Gasteiger partial charge >= 0.3 is 6.09 Å². The molecule has 0 radical (unpaired) electrons. The number of hydrogen-bond donors (Lipinski definition) is 3. The number of carbonyl (C=O) groups excluding carboxylic acids is 1. The maximum atomic E-state index is 11.6. The van der Waals surface area contributed by atoms with Crippen molar-refractivity contribution in [3.63, 3.8) is 0 Å². The zero-order valence-electron chi connectivity index (χ0n) is 11.5. The first-order chi connectivity index (χ1) is 10.1. The quantitative estimate of drug-likeness (QED) is 0.453. The van der Waals surface area contributed by atoms with Crippen molar-refractivity contribution < 1.29 is 19.4 Å². The number of nitrogens with one attached hydrogen (secondary N) is 2. The molecule has 0 spiro atoms. The zero-order valence-corrected chi connectivity index (χ0v) is 11.5. The zero-order chi connectivity index (χ0) is 15.1. The first-order valence-electron chi connectivity index (χ1n) is 6.76. The first kappa shape index (κ1) is 15.1. The third kappa shape index (κ3) is 4.92. The molecule has 2 rings (SSSR count). The number of para-hydroxylation sites is 1. The van der Waals surface area contributed by atoms with E-state index in [0.29, 0.717) is 31.8 Å². The smallest absolute Gasteiger partial charge is 0.418 e. The van der Waals surface area contributed by atoms with Gasteiger partial charge in [0.25, 0.3) is 0 Å². The van der Waals surface area contributed by atoms with Crippen molar-refractivity contribution in [2.75, 3.05) is 13.2 Å². The van der Waals surface area contributed by atoms with Gasteiger partial charge in [-0.15, -0.1) is 0 Å². The maximum Gasteiger partial charge on any atom is 0.418 e. The molecular weight excluding hydrogens is 272 g/mol. The molecular formula is C15H18N2O4. The number of amidine groups is 1. The Balaban J connectivity index is 1.84. The normalized spacial score (nSPS) is 16.3. The molecule has 3 N–H and O–H groups in total. The number of allylic oxidation sites excluding steroid dienone is 1. The summed E-state index contributed by atoms with van der Waals surface area (Å²) in [6.45, 7) is 1.19. The van der Waals surface area contributed by atoms with E-state index in [1.54, 1.807) is 24.3 Å². The average molecular weight is 290 g/mol. The number of benzene rings is 1. The van der Waals surface area contributed by atoms with E-state index in [4.69, 9.17) is 14.9 Å². The van der Waals surface area contributed by atoms with Crippen LogP contribution in [0.1, 0.15) is 12.8 Å². The van der Waals surface area contributed by atoms with Crippen molar-refractivity contribution in [1.29, 1.82) is 5.41 Å². The molecule has 1 heterocycles. The number of aliphatic hydroxyl groups is 1. The molecule has 0 atom stereocenters. The van der Waals surface area contributed by atoms with Gasteiger partial charge in [-0.3, -0.25) is 10.7 Å². The minimum Gasteiger partial charge on any atom is -0.512 e. The van der Waals surface area contributed by atoms with Crippen molar-refractivity contribution in [2.24, 2.45) is 5.92 Å². The predicted octanol–water partition coefficient (Wildman–Crippen LogP) is 2.62. The molecule has 1 fully saturated rings. The highest BCUT2D eigenvalue weighted by molar-refractivity contribution is 6.01. The molecule has 1 aliphatic rings. The van der Waals surface area contributed by atoms with Crippen molar-refractivity contribution in [3.05, 3.63) is 42.2 Å². The monoisotopic (exact) mass is 290 g/mol. The van der Waals surface area contributed by atoms with Crippen molar-refractivity contribution in [1.82, 2.24) is 5.32 Å². The summed E-state index contributed by atoms with van der Waals surface area (Å²) in [7, 11) is 0. The summed E-state index contributed by atoms with van der Waals surface area (Å²) >= 11 is 0. The number of aliphatic hydroxyl groups excluding tert-OH is 1. The highest BCUT2D eigenvalue weighted by atomic mass is 16.6. The summed E-state index contributed by atoms with van der Waals surface area (Å²) in [5.41, 5.74) is 0. The third-order valence-corrected chi connectivity index (χ3v) is 3.12. The second-order valence-electron chi connectivity index (χ2n) is 4.70. The van der Waals surface area contributed by atoms with Gasteiger partial charge in [0, 0.05) is 25.2 Å². The van der Waals surface area contributed by atoms with Crippen LogP contribution in [0.2, 0.25) is 0 Å². The average Bonchev–Trinajstić information content (AvgIpc) is 2.48. The van der Waals surface area contributed by atoms with Gasteiger partial charge in [0.15, 0.2) is 0 Å². The molecule has 21 heavy (non-hydrogen) atoms. The second kappa shape index (κ2) is 7.44. The van der Waals surface area contributed by atoms with Gasteiger partial charge in [0.1, 0.15) is 11.6 Å². The van der Waals surface area contributed by atoms with Gasteiger partial charge in [-0.2, -0.15) is 0 Å². The fraction of sp³-hybridized carbons (Fsp3) is 0.333. The Kier molecular flexibility index (Phi) is 5.34. The molecule has 112 valence electrons. The molecule has 6 nitrogen and oxygen atoms in total. The van der Waals surface area contributed by atoms with Crippen LogP contribution in [0.5, 0.6) is 5.75 Å². The Labute approximate surface area is 122 Å². The SMILES string of the molecule is N=C(/C=C(\O)C1CCOCC1)NC(=O)Oc1ccccc1. The van der Waals surface area contributed by atoms with Crippen LogP contribution in [0.4, 0.5) is 4.79 Å². The van der Waals surface area contributed by atoms with Gasteiger partial charge < -0.3 is 14.6 Å². The van der Waals surface area contributed by atoms with Crippen LogP contribution in [-0.2, 0) is 4.74 Å². The molecule has 1 aliphatic heterocycles. The van der Waals surface area contributed by atoms with E-state index in [1.165, 1.54) is 6.08 Å². The lowest BCUT2D eigenvalue weighted by molar-refractivity contribution is 0.0643. The lowest BCUT2D eigenvalue weighted by Crippen LogP contribution is -2.32. The Morgan fingerprint density at radius 3 is 2.67 bits per heavy atom. The van der Waals surface area contributed by atoms with E-state index in [1.807, 2.05) is 6.07 Å². The Morgan fingerprint density at radius 1 is 1.33 bits per heavy atom. The van der Waals surface area contributed by atoms with Crippen molar-refractivity contribution >= 4 is 11.9 Å². The molecule has 0 aliphatic carbocycles. The van der Waals surface area contributed by atoms with Crippen LogP contribution in [0, 0.1) is 11.3 Å². The van der Waals surface area contributed by atoms with Crippen LogP contribution in [0.15, 0.2) is 42.2 Å². The van der Waals surface area contributed by atoms with Crippen LogP contribution in [-0.4, -0.2) is 30.2 Å². The summed E-state index contributed by atoms with van der Waals surface area (Å²) in [5, 5.41) is 19.8. The number of carbonyl (C=O) groups is 1. The maximum absolute atomic E-state index is 11.6. The van der Waals surface area contributed by atoms with Crippen LogP contribution in [0.3, 0.4) is 0 Å². The third-order valence-electron chi connectivity index (χ3n) is 3.12. The Hall–Kier alpha value is -2.34. The highest BCUT2D eigenvalue weighted by Gasteiger charge is 2.18. The molecule has 6 heteroatoms. The molecule has 1 amide bonds. The summed E-state index contributed by atoms with van der Waals surface area (Å²) in [5.74, 6) is 0.245. The summed E-state index contributed by atoms with van der Waals surface area (Å²) < 4.78 is 10.2. The minimum absolute atomic E-state index is 0.0222. The lowest BCUT2D eigenvalue weighted by Gasteiger charge is -2.21. The van der Waals surface area contributed by atoms with Gasteiger partial charge in [-0.25, -0.2) is 4.79 Å². The van der Waals surface area contributed by atoms with E-state index in [9.17, 15) is 9.90 Å². The lowest BCUT2D eigenvalue weighted by atomic mass is 9.98. The summed E-state index contributed by atoms with van der Waals surface area (Å²) in [6.07, 6.45) is 1.90. The first-order valence-corrected chi connectivity index (χ1v) is 6.76. The molecule has 0 aromatic heterocycles. The topological polar surface area (TPSA) is 91.6 Å². The van der Waals surface area contributed by atoms with E-state index >= 15 is 0 Å². The second-order valence-corrected chi connectivity index (χ2v) is 4.70. The van der Waals surface area contributed by atoms with E-state index in [-0.39, 0.29) is 17.5 Å². The standard InChI is InChI=1S/C15H18N2O4/c16-14(10-13(18)11-6-8-20-9-7-11)17-15(19)21-12-4-2-1-3-5-12/h1-5,10-11,18H,6-9H2,(H2,16,17,19)/b13-10-. The fourth-order valence-corrected chi connectivity index (χ4v) is 2.03. The van der Waals surface area contributed by atoms with Gasteiger partial charge in [0.05, 0.1) is 5.76 Å². The largest absolute Gasteiger partial charge is 0.512 e. The number of amides is 1. The van der Waals surface area contributed by atoms with E-state index in [2.05, 4.69) is 5.32 Å². The molecule has 0 unspecified atom stereocenters. The molecule has 1 aromatic rings. The van der Waals surface area contributed by atoms with Crippen molar-refractivity contribution in [3.8, 4) is 5.75 Å². The minimum atomic E-state index is -0.762. The molecule has 0 saturated carbocycles. The van der Waals surface area contributed by atoms with Crippen LogP contribution >= 0.6 is 0 Å². The predicted molar refractivity (Wildman–Crippen MR) is 77.6 cm³/mol. The highest BCUT2D eigenvalue weighted by Crippen LogP contribution is 2.21. The van der Waals surface area contributed by atoms with Crippen LogP contribution < -0.4 is 10.1 Å². The van der Waals surface area contributed by atoms with Gasteiger partial charge in [-0.1, -0.05) is 18.2 Å².